The van der Waals surface area contributed by atoms with Gasteiger partial charge in [-0.3, -0.25) is 14.6 Å². The predicted molar refractivity (Wildman–Crippen MR) is 71.1 cm³/mol. The Morgan fingerprint density at radius 2 is 1.83 bits per heavy atom. The molecule has 0 aromatic carbocycles. The van der Waals surface area contributed by atoms with Crippen molar-refractivity contribution in [3.05, 3.63) is 30.2 Å². The summed E-state index contributed by atoms with van der Waals surface area (Å²) in [6, 6.07) is 1.70. The van der Waals surface area contributed by atoms with Crippen LogP contribution in [-0.2, 0) is 16.1 Å². The normalized spacial score (nSPS) is 10.8. The summed E-state index contributed by atoms with van der Waals surface area (Å²) in [5.74, 6) is -3.79. The van der Waals surface area contributed by atoms with E-state index in [0.29, 0.717) is 16.5 Å². The molecule has 7 nitrogen and oxygen atoms in total. The molecule has 2 heterocycles. The van der Waals surface area contributed by atoms with E-state index in [2.05, 4.69) is 4.98 Å². The molecule has 0 amide bonds. The number of halogens is 3. The molecule has 0 aliphatic heterocycles. The summed E-state index contributed by atoms with van der Waals surface area (Å²) < 4.78 is 33.3. The first-order valence-electron chi connectivity index (χ1n) is 5.99. The monoisotopic (exact) mass is 332 g/mol. The van der Waals surface area contributed by atoms with E-state index in [1.54, 1.807) is 24.7 Å². The van der Waals surface area contributed by atoms with E-state index in [-0.39, 0.29) is 12.3 Å². The molecule has 2 rings (SSSR count). The molecule has 0 fully saturated rings. The predicted octanol–water partition coefficient (Wildman–Crippen LogP) is 1.96. The van der Waals surface area contributed by atoms with Gasteiger partial charge < -0.3 is 14.8 Å². The van der Waals surface area contributed by atoms with Crippen LogP contribution < -0.4 is 0 Å². The number of rotatable bonds is 3. The summed E-state index contributed by atoms with van der Waals surface area (Å²) in [4.78, 5) is 34.9. The minimum absolute atomic E-state index is 0.0952. The Bertz CT molecular complexity index is 752. The Morgan fingerprint density at radius 3 is 2.26 bits per heavy atom. The van der Waals surface area contributed by atoms with Gasteiger partial charge in [-0.2, -0.15) is 13.2 Å². The molecular weight excluding hydrogens is 321 g/mol. The highest BCUT2D eigenvalue weighted by atomic mass is 19.4. The third kappa shape index (κ3) is 4.80. The molecule has 10 heteroatoms. The molecule has 23 heavy (non-hydrogen) atoms. The summed E-state index contributed by atoms with van der Waals surface area (Å²) in [6.45, 7) is 1.29. The number of alkyl halides is 3. The molecule has 2 N–H and O–H groups in total. The molecule has 124 valence electrons. The molecule has 0 spiro atoms. The van der Waals surface area contributed by atoms with Crippen molar-refractivity contribution in [3.63, 3.8) is 0 Å². The minimum atomic E-state index is -5.08. The van der Waals surface area contributed by atoms with E-state index in [1.165, 1.54) is 11.5 Å². The molecule has 0 saturated carbocycles. The Balaban J connectivity index is 0.000000322. The third-order valence-electron chi connectivity index (χ3n) is 2.61. The van der Waals surface area contributed by atoms with Crippen molar-refractivity contribution in [2.45, 2.75) is 19.6 Å². The molecule has 0 saturated heterocycles. The van der Waals surface area contributed by atoms with Gasteiger partial charge in [-0.15, -0.1) is 0 Å². The molecule has 2 aromatic heterocycles. The molecule has 0 unspecified atom stereocenters. The van der Waals surface area contributed by atoms with Crippen molar-refractivity contribution >= 4 is 28.6 Å². The minimum Gasteiger partial charge on any atom is -0.480 e. The van der Waals surface area contributed by atoms with Gasteiger partial charge in [0.25, 0.3) is 0 Å². The molecule has 2 aromatic rings. The number of aliphatic carboxylic acids is 2. The van der Waals surface area contributed by atoms with Gasteiger partial charge >= 0.3 is 18.1 Å². The van der Waals surface area contributed by atoms with Crippen molar-refractivity contribution in [2.75, 3.05) is 0 Å². The fraction of sp³-hybridized carbons (Fsp3) is 0.231. The molecule has 0 bridgehead atoms. The Kier molecular flexibility index (Phi) is 5.44. The van der Waals surface area contributed by atoms with Gasteiger partial charge in [0.2, 0.25) is 0 Å². The van der Waals surface area contributed by atoms with Crippen molar-refractivity contribution in [1.29, 1.82) is 0 Å². The number of ketones is 1. The average Bonchev–Trinajstić information content (AvgIpc) is 2.77. The number of carbonyl (C=O) groups is 3. The second-order valence-corrected chi connectivity index (χ2v) is 4.32. The van der Waals surface area contributed by atoms with E-state index in [0.717, 1.165) is 0 Å². The lowest BCUT2D eigenvalue weighted by Crippen LogP contribution is -2.21. The van der Waals surface area contributed by atoms with Crippen LogP contribution in [0.15, 0.2) is 24.7 Å². The lowest BCUT2D eigenvalue weighted by atomic mass is 10.2. The zero-order valence-corrected chi connectivity index (χ0v) is 11.7. The highest BCUT2D eigenvalue weighted by Crippen LogP contribution is 2.20. The highest BCUT2D eigenvalue weighted by Gasteiger charge is 2.38. The van der Waals surface area contributed by atoms with Crippen LogP contribution in [0.1, 0.15) is 17.3 Å². The zero-order chi connectivity index (χ0) is 17.8. The molecular formula is C13H11F3N2O5. The number of aromatic nitrogens is 2. The van der Waals surface area contributed by atoms with Crippen LogP contribution >= 0.6 is 0 Å². The number of fused-ring (bicyclic) bond motifs is 1. The van der Waals surface area contributed by atoms with Crippen LogP contribution in [0.5, 0.6) is 0 Å². The van der Waals surface area contributed by atoms with E-state index in [1.807, 2.05) is 0 Å². The van der Waals surface area contributed by atoms with E-state index < -0.39 is 18.1 Å². The summed E-state index contributed by atoms with van der Waals surface area (Å²) in [7, 11) is 0. The largest absolute Gasteiger partial charge is 0.490 e. The van der Waals surface area contributed by atoms with Crippen LogP contribution in [-0.4, -0.2) is 43.7 Å². The second-order valence-electron chi connectivity index (χ2n) is 4.32. The first-order valence-corrected chi connectivity index (χ1v) is 5.99. The fourth-order valence-electron chi connectivity index (χ4n) is 1.70. The summed E-state index contributed by atoms with van der Waals surface area (Å²) >= 11 is 0. The first-order chi connectivity index (χ1) is 10.5. The Labute approximate surface area is 127 Å². The van der Waals surface area contributed by atoms with Crippen LogP contribution in [0.25, 0.3) is 10.9 Å². The third-order valence-corrected chi connectivity index (χ3v) is 2.61. The maximum Gasteiger partial charge on any atom is 0.490 e. The summed E-state index contributed by atoms with van der Waals surface area (Å²) in [6.07, 6.45) is -0.377. The average molecular weight is 332 g/mol. The van der Waals surface area contributed by atoms with Gasteiger partial charge in [0.15, 0.2) is 5.78 Å². The van der Waals surface area contributed by atoms with Crippen molar-refractivity contribution < 1.29 is 37.8 Å². The number of Topliss-reactive ketones (excluding diaryl/α,β-unsaturated/α-hetero) is 1. The quantitative estimate of drug-likeness (QED) is 0.832. The van der Waals surface area contributed by atoms with Crippen LogP contribution in [0.2, 0.25) is 0 Å². The SMILES string of the molecule is CC(=O)c1cn(CC(=O)O)c2ccncc12.O=C(O)C(F)(F)F. The van der Waals surface area contributed by atoms with E-state index in [9.17, 15) is 22.8 Å². The van der Waals surface area contributed by atoms with Gasteiger partial charge in [-0.25, -0.2) is 4.79 Å². The van der Waals surface area contributed by atoms with Crippen LogP contribution in [0.4, 0.5) is 13.2 Å². The van der Waals surface area contributed by atoms with Crippen molar-refractivity contribution in [3.8, 4) is 0 Å². The number of carboxylic acid groups (broad SMARTS) is 2. The number of hydrogen-bond acceptors (Lipinski definition) is 4. The number of carbonyl (C=O) groups excluding carboxylic acids is 1. The molecule has 0 aliphatic rings. The second kappa shape index (κ2) is 6.90. The first kappa shape index (κ1) is 18.1. The zero-order valence-electron chi connectivity index (χ0n) is 11.7. The van der Waals surface area contributed by atoms with Crippen molar-refractivity contribution in [2.24, 2.45) is 0 Å². The maximum atomic E-state index is 11.4. The smallest absolute Gasteiger partial charge is 0.480 e. The van der Waals surface area contributed by atoms with Crippen LogP contribution in [0.3, 0.4) is 0 Å². The summed E-state index contributed by atoms with van der Waals surface area (Å²) in [5.41, 5.74) is 1.21. The lowest BCUT2D eigenvalue weighted by molar-refractivity contribution is -0.192. The van der Waals surface area contributed by atoms with E-state index >= 15 is 0 Å². The summed E-state index contributed by atoms with van der Waals surface area (Å²) in [5, 5.41) is 16.6. The Morgan fingerprint density at radius 1 is 1.26 bits per heavy atom. The van der Waals surface area contributed by atoms with Crippen molar-refractivity contribution in [1.82, 2.24) is 9.55 Å². The molecule has 0 radical (unpaired) electrons. The fourth-order valence-corrected chi connectivity index (χ4v) is 1.70. The maximum absolute atomic E-state index is 11.4. The number of hydrogen-bond donors (Lipinski definition) is 2. The standard InChI is InChI=1S/C11H10N2O3.C2HF3O2/c1-7(14)9-5-13(6-11(15)16)10-2-3-12-4-8(9)10;3-2(4,5)1(6)7/h2-5H,6H2,1H3,(H,15,16);(H,6,7). The van der Waals surface area contributed by atoms with Gasteiger partial charge in [-0.05, 0) is 13.0 Å². The molecule has 0 aliphatic carbocycles. The number of nitrogens with zero attached hydrogens (tertiary/aromatic N) is 2. The topological polar surface area (TPSA) is 109 Å². The van der Waals surface area contributed by atoms with Gasteiger partial charge in [0, 0.05) is 29.5 Å². The van der Waals surface area contributed by atoms with Gasteiger partial charge in [-0.1, -0.05) is 0 Å². The van der Waals surface area contributed by atoms with Crippen LogP contribution in [0, 0.1) is 0 Å². The highest BCUT2D eigenvalue weighted by molar-refractivity contribution is 6.06. The van der Waals surface area contributed by atoms with Gasteiger partial charge in [0.05, 0.1) is 5.52 Å². The molecule has 0 atom stereocenters. The lowest BCUT2D eigenvalue weighted by Gasteiger charge is -1.99. The number of carboxylic acids is 2. The van der Waals surface area contributed by atoms with Gasteiger partial charge in [0.1, 0.15) is 6.54 Å². The number of pyridine rings is 1. The van der Waals surface area contributed by atoms with E-state index in [4.69, 9.17) is 15.0 Å². The Hall–Kier alpha value is -2.91.